The van der Waals surface area contributed by atoms with Crippen molar-refractivity contribution in [3.63, 3.8) is 0 Å². The zero-order valence-corrected chi connectivity index (χ0v) is 8.38. The first kappa shape index (κ1) is 10.5. The van der Waals surface area contributed by atoms with E-state index in [0.717, 1.165) is 6.07 Å². The molecule has 0 radical (unpaired) electrons. The van der Waals surface area contributed by atoms with E-state index in [4.69, 9.17) is 0 Å². The van der Waals surface area contributed by atoms with Crippen molar-refractivity contribution in [2.24, 2.45) is 5.92 Å². The molecule has 15 heavy (non-hydrogen) atoms. The molecule has 1 aromatic carbocycles. The molecule has 1 heterocycles. The molecule has 1 unspecified atom stereocenters. The normalized spacial score (nSPS) is 20.0. The van der Waals surface area contributed by atoms with Gasteiger partial charge in [0.05, 0.1) is 0 Å². The Morgan fingerprint density at radius 3 is 2.60 bits per heavy atom. The molecule has 1 atom stereocenters. The minimum absolute atomic E-state index is 0.159. The molecular weight excluding hydrogens is 203 g/mol. The highest BCUT2D eigenvalue weighted by Crippen LogP contribution is 2.34. The first-order chi connectivity index (χ1) is 7.09. The molecule has 0 spiro atoms. The number of benzene rings is 1. The Kier molecular flexibility index (Phi) is 2.69. The number of hydrogen-bond acceptors (Lipinski definition) is 1. The van der Waals surface area contributed by atoms with Crippen LogP contribution in [0.5, 0.6) is 0 Å². The van der Waals surface area contributed by atoms with E-state index in [-0.39, 0.29) is 11.5 Å². The largest absolute Gasteiger partial charge is 0.305 e. The van der Waals surface area contributed by atoms with Crippen LogP contribution in [0.1, 0.15) is 11.7 Å². The van der Waals surface area contributed by atoms with Gasteiger partial charge in [-0.05, 0) is 13.1 Å². The van der Waals surface area contributed by atoms with Crippen molar-refractivity contribution in [3.05, 3.63) is 35.4 Å². The summed E-state index contributed by atoms with van der Waals surface area (Å²) in [5, 5.41) is 0. The van der Waals surface area contributed by atoms with Gasteiger partial charge < -0.3 is 4.90 Å². The smallest absolute Gasteiger partial charge is 0.164 e. The molecule has 0 amide bonds. The molecule has 4 heteroatoms. The summed E-state index contributed by atoms with van der Waals surface area (Å²) in [5.74, 6) is -2.26. The molecule has 82 valence electrons. The third-order valence-electron chi connectivity index (χ3n) is 2.78. The molecule has 0 aliphatic carbocycles. The standard InChI is InChI=1S/C11H12F3N/c1-15-5-7(6-15)10(13)8-3-2-4-9(12)11(8)14/h2-4,7,10H,5-6H2,1H3. The van der Waals surface area contributed by atoms with Gasteiger partial charge in [-0.25, -0.2) is 13.2 Å². The lowest BCUT2D eigenvalue weighted by Crippen LogP contribution is -2.45. The molecule has 1 saturated heterocycles. The van der Waals surface area contributed by atoms with Crippen LogP contribution in [0.15, 0.2) is 18.2 Å². The topological polar surface area (TPSA) is 3.24 Å². The second-order valence-electron chi connectivity index (χ2n) is 4.03. The second-order valence-corrected chi connectivity index (χ2v) is 4.03. The van der Waals surface area contributed by atoms with Gasteiger partial charge in [0.15, 0.2) is 11.6 Å². The molecule has 1 aliphatic rings. The van der Waals surface area contributed by atoms with E-state index < -0.39 is 17.8 Å². The van der Waals surface area contributed by atoms with E-state index in [1.807, 2.05) is 11.9 Å². The van der Waals surface area contributed by atoms with E-state index in [2.05, 4.69) is 0 Å². The molecule has 1 aliphatic heterocycles. The lowest BCUT2D eigenvalue weighted by Gasteiger charge is -2.38. The highest BCUT2D eigenvalue weighted by atomic mass is 19.2. The van der Waals surface area contributed by atoms with Crippen LogP contribution in [-0.4, -0.2) is 25.0 Å². The van der Waals surface area contributed by atoms with Crippen molar-refractivity contribution in [2.75, 3.05) is 20.1 Å². The van der Waals surface area contributed by atoms with Crippen LogP contribution in [0.4, 0.5) is 13.2 Å². The molecule has 0 bridgehead atoms. The van der Waals surface area contributed by atoms with Crippen LogP contribution in [0.2, 0.25) is 0 Å². The summed E-state index contributed by atoms with van der Waals surface area (Å²) in [6.07, 6.45) is -1.41. The summed E-state index contributed by atoms with van der Waals surface area (Å²) in [6.45, 7) is 1.19. The average molecular weight is 215 g/mol. The zero-order chi connectivity index (χ0) is 11.0. The third-order valence-corrected chi connectivity index (χ3v) is 2.78. The lowest BCUT2D eigenvalue weighted by molar-refractivity contribution is 0.0576. The monoisotopic (exact) mass is 215 g/mol. The van der Waals surface area contributed by atoms with Crippen molar-refractivity contribution in [2.45, 2.75) is 6.17 Å². The van der Waals surface area contributed by atoms with Crippen LogP contribution in [0.25, 0.3) is 0 Å². The first-order valence-electron chi connectivity index (χ1n) is 4.86. The summed E-state index contributed by atoms with van der Waals surface area (Å²) in [6, 6.07) is 3.64. The van der Waals surface area contributed by atoms with Gasteiger partial charge in [0, 0.05) is 24.6 Å². The van der Waals surface area contributed by atoms with Crippen molar-refractivity contribution in [3.8, 4) is 0 Å². The molecule has 1 nitrogen and oxygen atoms in total. The first-order valence-corrected chi connectivity index (χ1v) is 4.86. The Bertz CT molecular complexity index is 361. The summed E-state index contributed by atoms with van der Waals surface area (Å²) >= 11 is 0. The number of rotatable bonds is 2. The molecule has 0 aromatic heterocycles. The number of halogens is 3. The quantitative estimate of drug-likeness (QED) is 0.732. The van der Waals surface area contributed by atoms with E-state index >= 15 is 0 Å². The SMILES string of the molecule is CN1CC(C(F)c2cccc(F)c2F)C1. The van der Waals surface area contributed by atoms with Gasteiger partial charge in [-0.1, -0.05) is 12.1 Å². The Labute approximate surface area is 86.5 Å². The summed E-state index contributed by atoms with van der Waals surface area (Å²) in [4.78, 5) is 1.94. The van der Waals surface area contributed by atoms with Gasteiger partial charge in [-0.15, -0.1) is 0 Å². The van der Waals surface area contributed by atoms with Crippen molar-refractivity contribution in [1.82, 2.24) is 4.90 Å². The predicted molar refractivity (Wildman–Crippen MR) is 51.2 cm³/mol. The van der Waals surface area contributed by atoms with Gasteiger partial charge in [0.1, 0.15) is 6.17 Å². The number of hydrogen-bond donors (Lipinski definition) is 0. The second kappa shape index (κ2) is 3.85. The summed E-state index contributed by atoms with van der Waals surface area (Å²) in [7, 11) is 1.87. The molecule has 0 saturated carbocycles. The maximum absolute atomic E-state index is 13.8. The average Bonchev–Trinajstić information content (AvgIpc) is 2.16. The van der Waals surface area contributed by atoms with Crippen LogP contribution in [0.3, 0.4) is 0 Å². The van der Waals surface area contributed by atoms with Gasteiger partial charge in [-0.2, -0.15) is 0 Å². The number of nitrogens with zero attached hydrogens (tertiary/aromatic N) is 1. The van der Waals surface area contributed by atoms with Crippen LogP contribution >= 0.6 is 0 Å². The Hall–Kier alpha value is -1.03. The molecule has 1 aromatic rings. The number of likely N-dealkylation sites (tertiary alicyclic amines) is 1. The fourth-order valence-electron chi connectivity index (χ4n) is 1.92. The van der Waals surface area contributed by atoms with E-state index in [1.165, 1.54) is 12.1 Å². The van der Waals surface area contributed by atoms with Crippen molar-refractivity contribution >= 4 is 0 Å². The van der Waals surface area contributed by atoms with Crippen molar-refractivity contribution in [1.29, 1.82) is 0 Å². The molecule has 2 rings (SSSR count). The Morgan fingerprint density at radius 1 is 1.33 bits per heavy atom. The fraction of sp³-hybridized carbons (Fsp3) is 0.455. The van der Waals surface area contributed by atoms with Gasteiger partial charge in [0.2, 0.25) is 0 Å². The minimum Gasteiger partial charge on any atom is -0.305 e. The molecule has 1 fully saturated rings. The molecular formula is C11H12F3N. The van der Waals surface area contributed by atoms with Crippen molar-refractivity contribution < 1.29 is 13.2 Å². The minimum atomic E-state index is -1.41. The predicted octanol–water partition coefficient (Wildman–Crippen LogP) is 2.54. The zero-order valence-electron chi connectivity index (χ0n) is 8.38. The van der Waals surface area contributed by atoms with E-state index in [9.17, 15) is 13.2 Å². The van der Waals surface area contributed by atoms with Crippen LogP contribution < -0.4 is 0 Å². The lowest BCUT2D eigenvalue weighted by atomic mass is 9.90. The summed E-state index contributed by atoms with van der Waals surface area (Å²) in [5.41, 5.74) is -0.159. The van der Waals surface area contributed by atoms with Gasteiger partial charge in [-0.3, -0.25) is 0 Å². The van der Waals surface area contributed by atoms with Gasteiger partial charge >= 0.3 is 0 Å². The summed E-state index contributed by atoms with van der Waals surface area (Å²) < 4.78 is 39.9. The Morgan fingerprint density at radius 2 is 2.00 bits per heavy atom. The van der Waals surface area contributed by atoms with E-state index in [0.29, 0.717) is 13.1 Å². The highest BCUT2D eigenvalue weighted by Gasteiger charge is 2.34. The maximum atomic E-state index is 13.8. The highest BCUT2D eigenvalue weighted by molar-refractivity contribution is 5.22. The maximum Gasteiger partial charge on any atom is 0.164 e. The molecule has 0 N–H and O–H groups in total. The van der Waals surface area contributed by atoms with E-state index in [1.54, 1.807) is 0 Å². The van der Waals surface area contributed by atoms with Gasteiger partial charge in [0.25, 0.3) is 0 Å². The fourth-order valence-corrected chi connectivity index (χ4v) is 1.92. The number of alkyl halides is 1. The Balaban J connectivity index is 2.18. The van der Waals surface area contributed by atoms with Crippen LogP contribution in [-0.2, 0) is 0 Å². The van der Waals surface area contributed by atoms with Crippen LogP contribution in [0, 0.1) is 17.6 Å². The third kappa shape index (κ3) is 1.86.